The van der Waals surface area contributed by atoms with Crippen molar-refractivity contribution in [3.8, 4) is 0 Å². The maximum Gasteiger partial charge on any atom is 0.314 e. The molecule has 0 heterocycles. The predicted molar refractivity (Wildman–Crippen MR) is 52.0 cm³/mol. The van der Waals surface area contributed by atoms with Crippen molar-refractivity contribution in [1.29, 1.82) is 0 Å². The Morgan fingerprint density at radius 1 is 0.947 bits per heavy atom. The van der Waals surface area contributed by atoms with Crippen LogP contribution in [0.4, 0.5) is 22.0 Å². The maximum atomic E-state index is 13.3. The lowest BCUT2D eigenvalue weighted by molar-refractivity contribution is -0.140. The second-order valence-electron chi connectivity index (χ2n) is 3.61. The van der Waals surface area contributed by atoms with Crippen LogP contribution in [0.25, 0.3) is 0 Å². The number of Topliss-reactive ketones (excluding diaryl/α,β-unsaturated/α-hetero) is 1. The molecule has 1 atom stereocenters. The Bertz CT molecular complexity index is 527. The smallest absolute Gasteiger partial charge is 0.314 e. The van der Waals surface area contributed by atoms with Gasteiger partial charge in [-0.3, -0.25) is 9.59 Å². The van der Waals surface area contributed by atoms with Gasteiger partial charge in [-0.1, -0.05) is 6.92 Å². The zero-order valence-corrected chi connectivity index (χ0v) is 9.44. The Hall–Kier alpha value is -1.99. The Morgan fingerprint density at radius 2 is 1.32 bits per heavy atom. The number of hydrogen-bond donors (Lipinski definition) is 1. The number of carboxylic acids is 1. The van der Waals surface area contributed by atoms with Gasteiger partial charge < -0.3 is 5.11 Å². The van der Waals surface area contributed by atoms with Crippen molar-refractivity contribution in [3.63, 3.8) is 0 Å². The summed E-state index contributed by atoms with van der Waals surface area (Å²) in [4.78, 5) is 22.2. The van der Waals surface area contributed by atoms with Gasteiger partial charge in [0.1, 0.15) is 5.92 Å². The highest BCUT2D eigenvalue weighted by molar-refractivity contribution is 6.08. The Labute approximate surface area is 103 Å². The van der Waals surface area contributed by atoms with Crippen molar-refractivity contribution in [2.75, 3.05) is 0 Å². The van der Waals surface area contributed by atoms with E-state index in [1.807, 2.05) is 0 Å². The Kier molecular flexibility index (Phi) is 4.23. The zero-order valence-electron chi connectivity index (χ0n) is 9.44. The first kappa shape index (κ1) is 15.1. The number of aliphatic carboxylic acids is 1. The topological polar surface area (TPSA) is 54.4 Å². The molecular formula is C11H7F5O3. The lowest BCUT2D eigenvalue weighted by Gasteiger charge is -2.11. The normalized spacial score (nSPS) is 12.3. The lowest BCUT2D eigenvalue weighted by Crippen LogP contribution is -2.26. The number of halogens is 5. The minimum absolute atomic E-state index is 0.354. The molecule has 0 aromatic heterocycles. The van der Waals surface area contributed by atoms with E-state index in [1.54, 1.807) is 0 Å². The molecule has 0 saturated heterocycles. The highest BCUT2D eigenvalue weighted by Gasteiger charge is 2.35. The van der Waals surface area contributed by atoms with E-state index in [1.165, 1.54) is 6.92 Å². The van der Waals surface area contributed by atoms with Gasteiger partial charge in [0.25, 0.3) is 0 Å². The zero-order chi connectivity index (χ0) is 14.9. The van der Waals surface area contributed by atoms with Crippen LogP contribution in [0.2, 0.25) is 0 Å². The molecule has 0 amide bonds. The lowest BCUT2D eigenvalue weighted by atomic mass is 9.94. The molecule has 1 aromatic carbocycles. The van der Waals surface area contributed by atoms with Crippen molar-refractivity contribution in [2.24, 2.45) is 5.92 Å². The first-order valence-corrected chi connectivity index (χ1v) is 5.02. The molecule has 104 valence electrons. The van der Waals surface area contributed by atoms with Crippen LogP contribution in [0.5, 0.6) is 0 Å². The van der Waals surface area contributed by atoms with E-state index in [9.17, 15) is 31.5 Å². The van der Waals surface area contributed by atoms with Crippen molar-refractivity contribution >= 4 is 11.8 Å². The molecule has 0 aliphatic heterocycles. The molecule has 1 N–H and O–H groups in total. The minimum atomic E-state index is -2.41. The molecule has 19 heavy (non-hydrogen) atoms. The molecule has 3 nitrogen and oxygen atoms in total. The predicted octanol–water partition coefficient (Wildman–Crippen LogP) is 2.68. The molecule has 0 radical (unpaired) electrons. The van der Waals surface area contributed by atoms with E-state index in [-0.39, 0.29) is 6.42 Å². The first-order valence-electron chi connectivity index (χ1n) is 5.02. The fraction of sp³-hybridized carbons (Fsp3) is 0.273. The Balaban J connectivity index is 3.52. The highest BCUT2D eigenvalue weighted by atomic mass is 19.2. The third-order valence-electron chi connectivity index (χ3n) is 2.48. The average Bonchev–Trinajstić information content (AvgIpc) is 2.34. The van der Waals surface area contributed by atoms with Gasteiger partial charge >= 0.3 is 5.97 Å². The number of benzene rings is 1. The molecule has 0 saturated carbocycles. The van der Waals surface area contributed by atoms with Crippen molar-refractivity contribution in [2.45, 2.75) is 13.3 Å². The number of carboxylic acid groups (broad SMARTS) is 1. The summed E-state index contributed by atoms with van der Waals surface area (Å²) < 4.78 is 65.0. The fourth-order valence-electron chi connectivity index (χ4n) is 1.47. The van der Waals surface area contributed by atoms with Gasteiger partial charge in [-0.2, -0.15) is 0 Å². The average molecular weight is 282 g/mol. The summed E-state index contributed by atoms with van der Waals surface area (Å²) in [5.74, 6) is -16.9. The molecule has 0 spiro atoms. The summed E-state index contributed by atoms with van der Waals surface area (Å²) in [5.41, 5.74) is -1.73. The van der Waals surface area contributed by atoms with Crippen LogP contribution in [0.15, 0.2) is 0 Å². The Morgan fingerprint density at radius 3 is 1.63 bits per heavy atom. The van der Waals surface area contributed by atoms with E-state index < -0.39 is 52.3 Å². The van der Waals surface area contributed by atoms with Crippen LogP contribution in [0.3, 0.4) is 0 Å². The third kappa shape index (κ3) is 2.42. The standard InChI is InChI=1S/C11H7F5O3/c1-2-3(11(18)19)10(17)4-5(12)7(14)9(16)8(15)6(4)13/h3H,2H2,1H3,(H,18,19)/t3-/m0/s1. The van der Waals surface area contributed by atoms with E-state index in [0.717, 1.165) is 0 Å². The molecular weight excluding hydrogens is 275 g/mol. The van der Waals surface area contributed by atoms with Crippen LogP contribution < -0.4 is 0 Å². The molecule has 0 unspecified atom stereocenters. The third-order valence-corrected chi connectivity index (χ3v) is 2.48. The molecule has 0 aliphatic rings. The van der Waals surface area contributed by atoms with Gasteiger partial charge in [0.2, 0.25) is 5.82 Å². The molecule has 0 fully saturated rings. The van der Waals surface area contributed by atoms with Crippen molar-refractivity contribution in [3.05, 3.63) is 34.6 Å². The van der Waals surface area contributed by atoms with Crippen LogP contribution in [0.1, 0.15) is 23.7 Å². The second kappa shape index (κ2) is 5.33. The fourth-order valence-corrected chi connectivity index (χ4v) is 1.47. The van der Waals surface area contributed by atoms with Crippen LogP contribution in [-0.2, 0) is 4.79 Å². The van der Waals surface area contributed by atoms with E-state index in [2.05, 4.69) is 0 Å². The molecule has 0 aliphatic carbocycles. The maximum absolute atomic E-state index is 13.3. The van der Waals surface area contributed by atoms with E-state index in [4.69, 9.17) is 5.11 Å². The van der Waals surface area contributed by atoms with Gasteiger partial charge in [0.05, 0.1) is 5.56 Å². The second-order valence-corrected chi connectivity index (χ2v) is 3.61. The molecule has 1 aromatic rings. The van der Waals surface area contributed by atoms with Gasteiger partial charge in [-0.15, -0.1) is 0 Å². The molecule has 0 bridgehead atoms. The van der Waals surface area contributed by atoms with E-state index in [0.29, 0.717) is 0 Å². The number of carbonyl (C=O) groups is 2. The van der Waals surface area contributed by atoms with Crippen LogP contribution in [0, 0.1) is 35.0 Å². The molecule has 8 heteroatoms. The highest BCUT2D eigenvalue weighted by Crippen LogP contribution is 2.26. The molecule has 1 rings (SSSR count). The first-order chi connectivity index (χ1) is 8.73. The number of ketones is 1. The van der Waals surface area contributed by atoms with Crippen molar-refractivity contribution in [1.82, 2.24) is 0 Å². The van der Waals surface area contributed by atoms with Gasteiger partial charge in [0, 0.05) is 0 Å². The van der Waals surface area contributed by atoms with Gasteiger partial charge in [0.15, 0.2) is 29.1 Å². The van der Waals surface area contributed by atoms with E-state index >= 15 is 0 Å². The summed E-state index contributed by atoms with van der Waals surface area (Å²) in [6.45, 7) is 1.22. The minimum Gasteiger partial charge on any atom is -0.481 e. The van der Waals surface area contributed by atoms with Crippen molar-refractivity contribution < 1.29 is 36.6 Å². The van der Waals surface area contributed by atoms with Gasteiger partial charge in [-0.25, -0.2) is 22.0 Å². The monoisotopic (exact) mass is 282 g/mol. The number of rotatable bonds is 4. The largest absolute Gasteiger partial charge is 0.481 e. The van der Waals surface area contributed by atoms with Gasteiger partial charge in [-0.05, 0) is 6.42 Å². The summed E-state index contributed by atoms with van der Waals surface area (Å²) in [5, 5.41) is 8.65. The number of hydrogen-bond acceptors (Lipinski definition) is 2. The summed E-state index contributed by atoms with van der Waals surface area (Å²) in [6, 6.07) is 0. The summed E-state index contributed by atoms with van der Waals surface area (Å²) in [6.07, 6.45) is -0.354. The summed E-state index contributed by atoms with van der Waals surface area (Å²) >= 11 is 0. The number of carbonyl (C=O) groups excluding carboxylic acids is 1. The summed E-state index contributed by atoms with van der Waals surface area (Å²) in [7, 11) is 0. The van der Waals surface area contributed by atoms with Crippen LogP contribution >= 0.6 is 0 Å². The quantitative estimate of drug-likeness (QED) is 0.304. The van der Waals surface area contributed by atoms with Crippen LogP contribution in [-0.4, -0.2) is 16.9 Å². The SMILES string of the molecule is CC[C@H](C(=O)O)C(=O)c1c(F)c(F)c(F)c(F)c1F.